The van der Waals surface area contributed by atoms with Gasteiger partial charge in [-0.05, 0) is 37.6 Å². The van der Waals surface area contributed by atoms with Crippen LogP contribution in [0.15, 0.2) is 30.5 Å². The molecule has 0 spiro atoms. The van der Waals surface area contributed by atoms with Gasteiger partial charge in [-0.1, -0.05) is 6.07 Å². The molecule has 5 heteroatoms. The van der Waals surface area contributed by atoms with Crippen molar-refractivity contribution in [1.29, 1.82) is 0 Å². The molecule has 0 aliphatic heterocycles. The molecular formula is C15H19N3O2. The van der Waals surface area contributed by atoms with Gasteiger partial charge in [-0.3, -0.25) is 4.79 Å². The second-order valence-corrected chi connectivity index (χ2v) is 4.60. The van der Waals surface area contributed by atoms with Crippen LogP contribution in [0.2, 0.25) is 0 Å². The van der Waals surface area contributed by atoms with Gasteiger partial charge in [-0.15, -0.1) is 0 Å². The first kappa shape index (κ1) is 14.0. The van der Waals surface area contributed by atoms with Crippen LogP contribution >= 0.6 is 0 Å². The third-order valence-electron chi connectivity index (χ3n) is 3.09. The van der Waals surface area contributed by atoms with Gasteiger partial charge in [0.15, 0.2) is 0 Å². The first-order valence-electron chi connectivity index (χ1n) is 6.46. The van der Waals surface area contributed by atoms with Gasteiger partial charge in [0, 0.05) is 12.7 Å². The highest BCUT2D eigenvalue weighted by Crippen LogP contribution is 2.26. The van der Waals surface area contributed by atoms with Gasteiger partial charge in [0.1, 0.15) is 11.4 Å². The number of amides is 1. The van der Waals surface area contributed by atoms with E-state index in [9.17, 15) is 4.79 Å². The zero-order valence-electron chi connectivity index (χ0n) is 11.9. The molecule has 106 valence electrons. The first-order chi connectivity index (χ1) is 9.55. The van der Waals surface area contributed by atoms with E-state index in [0.29, 0.717) is 29.4 Å². The summed E-state index contributed by atoms with van der Waals surface area (Å²) in [6, 6.07) is 7.31. The second-order valence-electron chi connectivity index (χ2n) is 4.60. The van der Waals surface area contributed by atoms with Gasteiger partial charge >= 0.3 is 0 Å². The Morgan fingerprint density at radius 2 is 2.15 bits per heavy atom. The number of anilines is 2. The maximum absolute atomic E-state index is 12.3. The van der Waals surface area contributed by atoms with Crippen molar-refractivity contribution in [2.24, 2.45) is 0 Å². The molecule has 1 aromatic heterocycles. The molecule has 2 rings (SSSR count). The molecule has 0 saturated carbocycles. The molecule has 0 aliphatic carbocycles. The molecule has 0 unspecified atom stereocenters. The molecule has 0 aliphatic rings. The molecule has 2 aromatic rings. The standard InChI is InChI=1S/C15H19N3O2/c1-4-18-9-11(16)8-13(18)15(19)17-12-7-10(2)5-6-14(12)20-3/h5-9H,4,16H2,1-3H3,(H,17,19). The summed E-state index contributed by atoms with van der Waals surface area (Å²) in [7, 11) is 1.58. The van der Waals surface area contributed by atoms with Crippen LogP contribution in [-0.4, -0.2) is 17.6 Å². The molecular weight excluding hydrogens is 254 g/mol. The Balaban J connectivity index is 2.29. The minimum absolute atomic E-state index is 0.201. The van der Waals surface area contributed by atoms with E-state index in [-0.39, 0.29) is 5.91 Å². The number of ether oxygens (including phenoxy) is 1. The van der Waals surface area contributed by atoms with Crippen molar-refractivity contribution in [3.63, 3.8) is 0 Å². The highest BCUT2D eigenvalue weighted by molar-refractivity contribution is 6.04. The van der Waals surface area contributed by atoms with Gasteiger partial charge < -0.3 is 20.4 Å². The van der Waals surface area contributed by atoms with Crippen LogP contribution in [0.4, 0.5) is 11.4 Å². The fraction of sp³-hybridized carbons (Fsp3) is 0.267. The summed E-state index contributed by atoms with van der Waals surface area (Å²) in [5, 5.41) is 2.87. The number of benzene rings is 1. The molecule has 0 atom stereocenters. The third-order valence-corrected chi connectivity index (χ3v) is 3.09. The maximum Gasteiger partial charge on any atom is 0.272 e. The molecule has 1 heterocycles. The van der Waals surface area contributed by atoms with Gasteiger partial charge in [0.25, 0.3) is 5.91 Å². The summed E-state index contributed by atoms with van der Waals surface area (Å²) < 4.78 is 7.07. The zero-order chi connectivity index (χ0) is 14.7. The number of nitrogens with zero attached hydrogens (tertiary/aromatic N) is 1. The lowest BCUT2D eigenvalue weighted by atomic mass is 10.2. The van der Waals surface area contributed by atoms with Crippen LogP contribution in [0, 0.1) is 6.92 Å². The number of aromatic nitrogens is 1. The predicted octanol–water partition coefficient (Wildman–Crippen LogP) is 2.66. The fourth-order valence-corrected chi connectivity index (χ4v) is 2.09. The molecule has 3 N–H and O–H groups in total. The van der Waals surface area contributed by atoms with Crippen molar-refractivity contribution in [3.8, 4) is 5.75 Å². The molecule has 1 aromatic carbocycles. The molecule has 1 amide bonds. The fourth-order valence-electron chi connectivity index (χ4n) is 2.09. The van der Waals surface area contributed by atoms with Crippen LogP contribution < -0.4 is 15.8 Å². The Kier molecular flexibility index (Phi) is 3.98. The van der Waals surface area contributed by atoms with E-state index in [1.807, 2.05) is 36.6 Å². The second kappa shape index (κ2) is 5.69. The number of carbonyl (C=O) groups is 1. The van der Waals surface area contributed by atoms with Crippen LogP contribution in [-0.2, 0) is 6.54 Å². The molecule has 0 fully saturated rings. The lowest BCUT2D eigenvalue weighted by Crippen LogP contribution is -2.16. The number of hydrogen-bond acceptors (Lipinski definition) is 3. The summed E-state index contributed by atoms with van der Waals surface area (Å²) in [5.41, 5.74) is 8.55. The SMILES string of the molecule is CCn1cc(N)cc1C(=O)Nc1cc(C)ccc1OC. The van der Waals surface area contributed by atoms with E-state index in [1.165, 1.54) is 0 Å². The van der Waals surface area contributed by atoms with Crippen LogP contribution in [0.5, 0.6) is 5.75 Å². The Labute approximate surface area is 118 Å². The van der Waals surface area contributed by atoms with Crippen LogP contribution in [0.25, 0.3) is 0 Å². The van der Waals surface area contributed by atoms with Crippen molar-refractivity contribution >= 4 is 17.3 Å². The van der Waals surface area contributed by atoms with E-state index < -0.39 is 0 Å². The van der Waals surface area contributed by atoms with Gasteiger partial charge in [-0.25, -0.2) is 0 Å². The summed E-state index contributed by atoms with van der Waals surface area (Å²) in [4.78, 5) is 12.3. The number of nitrogens with one attached hydrogen (secondary N) is 1. The number of nitrogen functional groups attached to an aromatic ring is 1. The Morgan fingerprint density at radius 1 is 1.40 bits per heavy atom. The number of carbonyl (C=O) groups excluding carboxylic acids is 1. The number of aryl methyl sites for hydroxylation is 2. The summed E-state index contributed by atoms with van der Waals surface area (Å²) in [5.74, 6) is 0.430. The highest BCUT2D eigenvalue weighted by Gasteiger charge is 2.14. The van der Waals surface area contributed by atoms with Gasteiger partial charge in [0.2, 0.25) is 0 Å². The van der Waals surface area contributed by atoms with E-state index in [0.717, 1.165) is 5.56 Å². The topological polar surface area (TPSA) is 69.3 Å². The van der Waals surface area contributed by atoms with Gasteiger partial charge in [-0.2, -0.15) is 0 Å². The maximum atomic E-state index is 12.3. The van der Waals surface area contributed by atoms with E-state index in [2.05, 4.69) is 5.32 Å². The molecule has 0 radical (unpaired) electrons. The van der Waals surface area contributed by atoms with E-state index in [4.69, 9.17) is 10.5 Å². The quantitative estimate of drug-likeness (QED) is 0.899. The molecule has 0 saturated heterocycles. The largest absolute Gasteiger partial charge is 0.495 e. The summed E-state index contributed by atoms with van der Waals surface area (Å²) in [6.07, 6.45) is 1.75. The van der Waals surface area contributed by atoms with E-state index >= 15 is 0 Å². The Bertz CT molecular complexity index is 632. The number of rotatable bonds is 4. The lowest BCUT2D eigenvalue weighted by molar-refractivity contribution is 0.101. The van der Waals surface area contributed by atoms with Gasteiger partial charge in [0.05, 0.1) is 18.5 Å². The molecule has 0 bridgehead atoms. The average molecular weight is 273 g/mol. The summed E-state index contributed by atoms with van der Waals surface area (Å²) in [6.45, 7) is 4.61. The average Bonchev–Trinajstić information content (AvgIpc) is 2.80. The predicted molar refractivity (Wildman–Crippen MR) is 80.2 cm³/mol. The van der Waals surface area contributed by atoms with Crippen molar-refractivity contribution in [1.82, 2.24) is 4.57 Å². The Morgan fingerprint density at radius 3 is 2.80 bits per heavy atom. The summed E-state index contributed by atoms with van der Waals surface area (Å²) >= 11 is 0. The van der Waals surface area contributed by atoms with Crippen molar-refractivity contribution in [3.05, 3.63) is 41.7 Å². The lowest BCUT2D eigenvalue weighted by Gasteiger charge is -2.12. The van der Waals surface area contributed by atoms with Crippen molar-refractivity contribution in [2.75, 3.05) is 18.2 Å². The van der Waals surface area contributed by atoms with Crippen molar-refractivity contribution < 1.29 is 9.53 Å². The number of nitrogens with two attached hydrogens (primary N) is 1. The smallest absolute Gasteiger partial charge is 0.272 e. The van der Waals surface area contributed by atoms with Crippen LogP contribution in [0.1, 0.15) is 23.0 Å². The number of hydrogen-bond donors (Lipinski definition) is 2. The number of methoxy groups -OCH3 is 1. The Hall–Kier alpha value is -2.43. The molecule has 20 heavy (non-hydrogen) atoms. The minimum atomic E-state index is -0.201. The highest BCUT2D eigenvalue weighted by atomic mass is 16.5. The van der Waals surface area contributed by atoms with E-state index in [1.54, 1.807) is 19.4 Å². The minimum Gasteiger partial charge on any atom is -0.495 e. The molecule has 5 nitrogen and oxygen atoms in total. The first-order valence-corrected chi connectivity index (χ1v) is 6.46. The zero-order valence-corrected chi connectivity index (χ0v) is 11.9. The van der Waals surface area contributed by atoms with Crippen molar-refractivity contribution in [2.45, 2.75) is 20.4 Å². The third kappa shape index (κ3) is 2.77. The monoisotopic (exact) mass is 273 g/mol. The van der Waals surface area contributed by atoms with Crippen LogP contribution in [0.3, 0.4) is 0 Å². The normalized spacial score (nSPS) is 10.3.